The monoisotopic (exact) mass is 325 g/mol. The molecule has 0 heterocycles. The van der Waals surface area contributed by atoms with Crippen LogP contribution in [0.15, 0.2) is 30.3 Å². The summed E-state index contributed by atoms with van der Waals surface area (Å²) in [4.78, 5) is 14.5. The fourth-order valence-corrected chi connectivity index (χ4v) is 2.98. The standard InChI is InChI=1S/C17H27NO3S/c1-5-7-13-18(17(19)14(3)22(4,20)21)16(6-2)15-11-9-8-10-12-15/h8-12,14,16H,5-7,13H2,1-4H3. The normalized spacial score (nSPS) is 14.4. The second-order valence-electron chi connectivity index (χ2n) is 5.69. The van der Waals surface area contributed by atoms with E-state index in [2.05, 4.69) is 6.92 Å². The average molecular weight is 325 g/mol. The van der Waals surface area contributed by atoms with E-state index in [9.17, 15) is 13.2 Å². The largest absolute Gasteiger partial charge is 0.335 e. The van der Waals surface area contributed by atoms with Crippen LogP contribution in [0.3, 0.4) is 0 Å². The lowest BCUT2D eigenvalue weighted by Gasteiger charge is -2.33. The molecular weight excluding hydrogens is 298 g/mol. The van der Waals surface area contributed by atoms with Crippen molar-refractivity contribution in [3.8, 4) is 0 Å². The predicted octanol–water partition coefficient (Wildman–Crippen LogP) is 3.20. The molecule has 0 N–H and O–H groups in total. The molecule has 0 aliphatic heterocycles. The summed E-state index contributed by atoms with van der Waals surface area (Å²) in [5.41, 5.74) is 1.05. The van der Waals surface area contributed by atoms with Crippen molar-refractivity contribution in [2.45, 2.75) is 51.3 Å². The van der Waals surface area contributed by atoms with E-state index >= 15 is 0 Å². The fraction of sp³-hybridized carbons (Fsp3) is 0.588. The molecule has 2 unspecified atom stereocenters. The van der Waals surface area contributed by atoms with Crippen molar-refractivity contribution < 1.29 is 13.2 Å². The maximum absolute atomic E-state index is 12.7. The highest BCUT2D eigenvalue weighted by Gasteiger charge is 2.32. The Morgan fingerprint density at radius 2 is 1.77 bits per heavy atom. The minimum absolute atomic E-state index is 0.0792. The van der Waals surface area contributed by atoms with Gasteiger partial charge in [-0.2, -0.15) is 0 Å². The number of hydrogen-bond donors (Lipinski definition) is 0. The first-order chi connectivity index (χ1) is 10.3. The van der Waals surface area contributed by atoms with Gasteiger partial charge in [-0.1, -0.05) is 50.6 Å². The van der Waals surface area contributed by atoms with Gasteiger partial charge in [0.1, 0.15) is 5.25 Å². The van der Waals surface area contributed by atoms with Gasteiger partial charge in [-0.25, -0.2) is 8.42 Å². The van der Waals surface area contributed by atoms with Crippen LogP contribution in [0.2, 0.25) is 0 Å². The lowest BCUT2D eigenvalue weighted by molar-refractivity contribution is -0.133. The molecule has 0 aliphatic rings. The fourth-order valence-electron chi connectivity index (χ4n) is 2.48. The van der Waals surface area contributed by atoms with Gasteiger partial charge in [-0.3, -0.25) is 4.79 Å². The van der Waals surface area contributed by atoms with Crippen LogP contribution in [0.25, 0.3) is 0 Å². The van der Waals surface area contributed by atoms with E-state index in [0.717, 1.165) is 31.1 Å². The molecule has 22 heavy (non-hydrogen) atoms. The average Bonchev–Trinajstić information content (AvgIpc) is 2.50. The van der Waals surface area contributed by atoms with Gasteiger partial charge >= 0.3 is 0 Å². The van der Waals surface area contributed by atoms with Crippen LogP contribution in [0.5, 0.6) is 0 Å². The zero-order valence-corrected chi connectivity index (χ0v) is 14.8. The molecular formula is C17H27NO3S. The van der Waals surface area contributed by atoms with E-state index in [1.807, 2.05) is 37.3 Å². The molecule has 1 amide bonds. The maximum atomic E-state index is 12.7. The second-order valence-corrected chi connectivity index (χ2v) is 8.06. The molecule has 1 rings (SSSR count). The van der Waals surface area contributed by atoms with Crippen molar-refractivity contribution in [2.24, 2.45) is 0 Å². The molecule has 124 valence electrons. The summed E-state index contributed by atoms with van der Waals surface area (Å²) in [6.07, 6.45) is 3.71. The summed E-state index contributed by atoms with van der Waals surface area (Å²) in [5, 5.41) is -0.998. The van der Waals surface area contributed by atoms with E-state index in [1.165, 1.54) is 6.92 Å². The maximum Gasteiger partial charge on any atom is 0.241 e. The lowest BCUT2D eigenvalue weighted by Crippen LogP contribution is -2.43. The van der Waals surface area contributed by atoms with Gasteiger partial charge < -0.3 is 4.90 Å². The Bertz CT molecular complexity index is 569. The summed E-state index contributed by atoms with van der Waals surface area (Å²) >= 11 is 0. The van der Waals surface area contributed by atoms with Crippen LogP contribution in [-0.4, -0.2) is 37.3 Å². The summed E-state index contributed by atoms with van der Waals surface area (Å²) in [7, 11) is -3.39. The van der Waals surface area contributed by atoms with Crippen LogP contribution in [-0.2, 0) is 14.6 Å². The van der Waals surface area contributed by atoms with Crippen molar-refractivity contribution in [1.82, 2.24) is 4.90 Å². The zero-order valence-electron chi connectivity index (χ0n) is 14.0. The van der Waals surface area contributed by atoms with Crippen LogP contribution < -0.4 is 0 Å². The smallest absolute Gasteiger partial charge is 0.241 e. The Morgan fingerprint density at radius 1 is 1.18 bits per heavy atom. The van der Waals surface area contributed by atoms with Gasteiger partial charge in [0.2, 0.25) is 5.91 Å². The Kier molecular flexibility index (Phi) is 7.07. The number of amides is 1. The SMILES string of the molecule is CCCCN(C(=O)C(C)S(C)(=O)=O)C(CC)c1ccccc1. The molecule has 5 heteroatoms. The number of carbonyl (C=O) groups is 1. The van der Waals surface area contributed by atoms with E-state index in [0.29, 0.717) is 6.54 Å². The zero-order chi connectivity index (χ0) is 16.8. The predicted molar refractivity (Wildman–Crippen MR) is 90.4 cm³/mol. The molecule has 0 saturated carbocycles. The highest BCUT2D eigenvalue weighted by atomic mass is 32.2. The Morgan fingerprint density at radius 3 is 2.23 bits per heavy atom. The first kappa shape index (κ1) is 18.7. The number of unbranched alkanes of at least 4 members (excludes halogenated alkanes) is 1. The number of nitrogens with zero attached hydrogens (tertiary/aromatic N) is 1. The molecule has 0 aromatic heterocycles. The highest BCUT2D eigenvalue weighted by molar-refractivity contribution is 7.92. The van der Waals surface area contributed by atoms with Crippen LogP contribution >= 0.6 is 0 Å². The quantitative estimate of drug-likeness (QED) is 0.737. The summed E-state index contributed by atoms with van der Waals surface area (Å²) in [5.74, 6) is -0.299. The summed E-state index contributed by atoms with van der Waals surface area (Å²) in [6.45, 7) is 6.15. The first-order valence-electron chi connectivity index (χ1n) is 7.87. The van der Waals surface area contributed by atoms with Crippen molar-refractivity contribution in [3.05, 3.63) is 35.9 Å². The van der Waals surface area contributed by atoms with E-state index in [1.54, 1.807) is 4.90 Å². The number of benzene rings is 1. The first-order valence-corrected chi connectivity index (χ1v) is 9.82. The molecule has 0 fully saturated rings. The minimum atomic E-state index is -3.39. The van der Waals surface area contributed by atoms with Crippen molar-refractivity contribution in [2.75, 3.05) is 12.8 Å². The molecule has 0 radical (unpaired) electrons. The van der Waals surface area contributed by atoms with E-state index in [4.69, 9.17) is 0 Å². The summed E-state index contributed by atoms with van der Waals surface area (Å²) in [6, 6.07) is 9.73. The molecule has 0 bridgehead atoms. The third kappa shape index (κ3) is 4.83. The van der Waals surface area contributed by atoms with Gasteiger partial charge in [-0.15, -0.1) is 0 Å². The van der Waals surface area contributed by atoms with Crippen LogP contribution in [0, 0.1) is 0 Å². The van der Waals surface area contributed by atoms with Gasteiger partial charge in [0.05, 0.1) is 6.04 Å². The van der Waals surface area contributed by atoms with E-state index in [-0.39, 0.29) is 11.9 Å². The van der Waals surface area contributed by atoms with Gasteiger partial charge in [0.25, 0.3) is 0 Å². The number of carbonyl (C=O) groups excluding carboxylic acids is 1. The third-order valence-corrected chi connectivity index (χ3v) is 5.46. The molecule has 0 spiro atoms. The molecule has 1 aromatic carbocycles. The van der Waals surface area contributed by atoms with Gasteiger partial charge in [0.15, 0.2) is 9.84 Å². The second kappa shape index (κ2) is 8.32. The van der Waals surface area contributed by atoms with Crippen molar-refractivity contribution in [3.63, 3.8) is 0 Å². The number of rotatable bonds is 8. The molecule has 0 aliphatic carbocycles. The highest BCUT2D eigenvalue weighted by Crippen LogP contribution is 2.26. The van der Waals surface area contributed by atoms with Crippen LogP contribution in [0.4, 0.5) is 0 Å². The van der Waals surface area contributed by atoms with Gasteiger partial charge in [0, 0.05) is 12.8 Å². The van der Waals surface area contributed by atoms with Crippen LogP contribution in [0.1, 0.15) is 51.6 Å². The van der Waals surface area contributed by atoms with E-state index < -0.39 is 15.1 Å². The Labute approximate surface area is 134 Å². The lowest BCUT2D eigenvalue weighted by atomic mass is 10.0. The van der Waals surface area contributed by atoms with Gasteiger partial charge in [-0.05, 0) is 25.3 Å². The third-order valence-electron chi connectivity index (χ3n) is 3.97. The Hall–Kier alpha value is -1.36. The topological polar surface area (TPSA) is 54.5 Å². The summed E-state index contributed by atoms with van der Waals surface area (Å²) < 4.78 is 23.5. The Balaban J connectivity index is 3.12. The number of hydrogen-bond acceptors (Lipinski definition) is 3. The minimum Gasteiger partial charge on any atom is -0.335 e. The molecule has 1 aromatic rings. The molecule has 2 atom stereocenters. The van der Waals surface area contributed by atoms with Crippen molar-refractivity contribution in [1.29, 1.82) is 0 Å². The van der Waals surface area contributed by atoms with Crippen molar-refractivity contribution >= 4 is 15.7 Å². The molecule has 4 nitrogen and oxygen atoms in total. The molecule has 0 saturated heterocycles. The number of sulfone groups is 1.